The summed E-state index contributed by atoms with van der Waals surface area (Å²) < 4.78 is 2.34. The fourth-order valence-electron chi connectivity index (χ4n) is 2.82. The fraction of sp³-hybridized carbons (Fsp3) is 0.600. The van der Waals surface area contributed by atoms with Gasteiger partial charge in [-0.15, -0.1) is 10.2 Å². The van der Waals surface area contributed by atoms with Gasteiger partial charge in [0.05, 0.1) is 0 Å². The van der Waals surface area contributed by atoms with Gasteiger partial charge in [-0.25, -0.2) is 0 Å². The number of aryl methyl sites for hydroxylation is 1. The van der Waals surface area contributed by atoms with Crippen LogP contribution in [-0.4, -0.2) is 21.3 Å². The summed E-state index contributed by atoms with van der Waals surface area (Å²) >= 11 is 1.76. The van der Waals surface area contributed by atoms with Crippen molar-refractivity contribution in [1.82, 2.24) is 20.1 Å². The van der Waals surface area contributed by atoms with E-state index in [9.17, 15) is 0 Å². The van der Waals surface area contributed by atoms with Crippen LogP contribution in [-0.2, 0) is 19.5 Å². The van der Waals surface area contributed by atoms with E-state index in [1.54, 1.807) is 11.3 Å². The van der Waals surface area contributed by atoms with Gasteiger partial charge < -0.3 is 9.88 Å². The molecule has 1 atom stereocenters. The molecule has 0 saturated carbocycles. The molecule has 1 N–H and O–H groups in total. The average Bonchev–Trinajstić information content (AvgIpc) is 3.06. The molecule has 20 heavy (non-hydrogen) atoms. The van der Waals surface area contributed by atoms with Gasteiger partial charge in [-0.3, -0.25) is 0 Å². The van der Waals surface area contributed by atoms with Crippen molar-refractivity contribution >= 4 is 11.3 Å². The third-order valence-electron chi connectivity index (χ3n) is 3.93. The Morgan fingerprint density at radius 1 is 1.45 bits per heavy atom. The highest BCUT2D eigenvalue weighted by Gasteiger charge is 2.23. The summed E-state index contributed by atoms with van der Waals surface area (Å²) in [5.74, 6) is 3.45. The topological polar surface area (TPSA) is 42.7 Å². The molecule has 0 unspecified atom stereocenters. The van der Waals surface area contributed by atoms with E-state index < -0.39 is 0 Å². The van der Waals surface area contributed by atoms with E-state index in [1.165, 1.54) is 17.8 Å². The second-order valence-electron chi connectivity index (χ2n) is 5.91. The van der Waals surface area contributed by atoms with Crippen molar-refractivity contribution in [3.8, 4) is 0 Å². The van der Waals surface area contributed by atoms with Gasteiger partial charge in [0.25, 0.3) is 0 Å². The van der Waals surface area contributed by atoms with E-state index in [4.69, 9.17) is 0 Å². The monoisotopic (exact) mass is 290 g/mol. The molecule has 2 aromatic rings. The zero-order chi connectivity index (χ0) is 13.9. The van der Waals surface area contributed by atoms with Crippen LogP contribution in [0.2, 0.25) is 0 Å². The van der Waals surface area contributed by atoms with Crippen molar-refractivity contribution in [1.29, 1.82) is 0 Å². The summed E-state index contributed by atoms with van der Waals surface area (Å²) in [4.78, 5) is 0. The molecule has 3 rings (SSSR count). The normalized spacial score (nSPS) is 18.4. The first kappa shape index (κ1) is 13.8. The highest BCUT2D eigenvalue weighted by Crippen LogP contribution is 2.23. The Morgan fingerprint density at radius 3 is 3.10 bits per heavy atom. The van der Waals surface area contributed by atoms with Gasteiger partial charge >= 0.3 is 0 Å². The SMILES string of the molecule is CC(C)c1nnc2n1C[C@H](CNCc1ccsc1)CC2. The van der Waals surface area contributed by atoms with Crippen molar-refractivity contribution < 1.29 is 0 Å². The Bertz CT molecular complexity index is 544. The van der Waals surface area contributed by atoms with E-state index in [0.29, 0.717) is 11.8 Å². The number of hydrogen-bond donors (Lipinski definition) is 1. The van der Waals surface area contributed by atoms with Crippen LogP contribution in [0.5, 0.6) is 0 Å². The molecule has 4 nitrogen and oxygen atoms in total. The molecule has 108 valence electrons. The molecule has 0 aliphatic carbocycles. The standard InChI is InChI=1S/C15H22N4S/c1-11(2)15-18-17-14-4-3-12(9-19(14)15)7-16-8-13-5-6-20-10-13/h5-6,10-12,16H,3-4,7-9H2,1-2H3/t12-/m0/s1. The Labute approximate surface area is 124 Å². The smallest absolute Gasteiger partial charge is 0.135 e. The largest absolute Gasteiger partial charge is 0.314 e. The lowest BCUT2D eigenvalue weighted by molar-refractivity contribution is 0.340. The summed E-state index contributed by atoms with van der Waals surface area (Å²) in [6.45, 7) is 7.50. The Kier molecular flexibility index (Phi) is 4.17. The Hall–Kier alpha value is -1.20. The summed E-state index contributed by atoms with van der Waals surface area (Å²) in [5.41, 5.74) is 1.39. The lowest BCUT2D eigenvalue weighted by Gasteiger charge is -2.25. The molecule has 0 fully saturated rings. The maximum Gasteiger partial charge on any atom is 0.135 e. The number of nitrogens with zero attached hydrogens (tertiary/aromatic N) is 3. The summed E-state index contributed by atoms with van der Waals surface area (Å²) in [5, 5.41) is 16.6. The predicted octanol–water partition coefficient (Wildman–Crippen LogP) is 2.82. The maximum absolute atomic E-state index is 4.35. The van der Waals surface area contributed by atoms with Gasteiger partial charge in [0.1, 0.15) is 11.6 Å². The molecule has 0 spiro atoms. The van der Waals surface area contributed by atoms with Gasteiger partial charge in [-0.1, -0.05) is 13.8 Å². The first-order valence-corrected chi connectivity index (χ1v) is 8.32. The number of nitrogens with one attached hydrogen (secondary N) is 1. The van der Waals surface area contributed by atoms with Crippen molar-refractivity contribution in [2.24, 2.45) is 5.92 Å². The predicted molar refractivity (Wildman–Crippen MR) is 81.9 cm³/mol. The van der Waals surface area contributed by atoms with Crippen LogP contribution in [0.25, 0.3) is 0 Å². The lowest BCUT2D eigenvalue weighted by atomic mass is 9.98. The number of hydrogen-bond acceptors (Lipinski definition) is 4. The molecule has 1 aliphatic rings. The zero-order valence-electron chi connectivity index (χ0n) is 12.2. The second-order valence-corrected chi connectivity index (χ2v) is 6.69. The molecule has 5 heteroatoms. The highest BCUT2D eigenvalue weighted by molar-refractivity contribution is 7.07. The molecular formula is C15H22N4S. The van der Waals surface area contributed by atoms with Gasteiger partial charge in [-0.2, -0.15) is 11.3 Å². The van der Waals surface area contributed by atoms with Gasteiger partial charge in [0, 0.05) is 25.4 Å². The molecule has 0 aromatic carbocycles. The number of thiophene rings is 1. The van der Waals surface area contributed by atoms with E-state index in [2.05, 4.69) is 50.8 Å². The zero-order valence-corrected chi connectivity index (χ0v) is 13.0. The minimum Gasteiger partial charge on any atom is -0.314 e. The molecule has 0 amide bonds. The highest BCUT2D eigenvalue weighted by atomic mass is 32.1. The van der Waals surface area contributed by atoms with Crippen molar-refractivity contribution in [2.45, 2.75) is 45.7 Å². The van der Waals surface area contributed by atoms with Crippen LogP contribution < -0.4 is 5.32 Å². The summed E-state index contributed by atoms with van der Waals surface area (Å²) in [6.07, 6.45) is 2.28. The molecule has 0 saturated heterocycles. The van der Waals surface area contributed by atoms with Crippen LogP contribution in [0.15, 0.2) is 16.8 Å². The van der Waals surface area contributed by atoms with E-state index in [-0.39, 0.29) is 0 Å². The second kappa shape index (κ2) is 6.06. The van der Waals surface area contributed by atoms with Crippen molar-refractivity contribution in [3.63, 3.8) is 0 Å². The van der Waals surface area contributed by atoms with Crippen LogP contribution in [0.4, 0.5) is 0 Å². The molecular weight excluding hydrogens is 268 g/mol. The quantitative estimate of drug-likeness (QED) is 0.921. The molecule has 1 aliphatic heterocycles. The molecule has 0 radical (unpaired) electrons. The molecule has 0 bridgehead atoms. The minimum atomic E-state index is 0.453. The van der Waals surface area contributed by atoms with Crippen LogP contribution in [0, 0.1) is 5.92 Å². The van der Waals surface area contributed by atoms with E-state index >= 15 is 0 Å². The lowest BCUT2D eigenvalue weighted by Crippen LogP contribution is -2.30. The minimum absolute atomic E-state index is 0.453. The van der Waals surface area contributed by atoms with Crippen molar-refractivity contribution in [2.75, 3.05) is 6.54 Å². The van der Waals surface area contributed by atoms with Gasteiger partial charge in [0.15, 0.2) is 0 Å². The van der Waals surface area contributed by atoms with Crippen molar-refractivity contribution in [3.05, 3.63) is 34.0 Å². The Balaban J connectivity index is 1.56. The molecule has 3 heterocycles. The number of aromatic nitrogens is 3. The average molecular weight is 290 g/mol. The first-order valence-electron chi connectivity index (χ1n) is 7.38. The summed E-state index contributed by atoms with van der Waals surface area (Å²) in [7, 11) is 0. The third-order valence-corrected chi connectivity index (χ3v) is 4.66. The third kappa shape index (κ3) is 2.94. The van der Waals surface area contributed by atoms with Gasteiger partial charge in [0.2, 0.25) is 0 Å². The number of rotatable bonds is 5. The fourth-order valence-corrected chi connectivity index (χ4v) is 3.49. The first-order chi connectivity index (χ1) is 9.74. The maximum atomic E-state index is 4.35. The van der Waals surface area contributed by atoms with Crippen LogP contribution >= 0.6 is 11.3 Å². The van der Waals surface area contributed by atoms with E-state index in [1.807, 2.05) is 0 Å². The van der Waals surface area contributed by atoms with Crippen LogP contribution in [0.3, 0.4) is 0 Å². The molecule has 2 aromatic heterocycles. The summed E-state index contributed by atoms with van der Waals surface area (Å²) in [6, 6.07) is 2.19. The van der Waals surface area contributed by atoms with E-state index in [0.717, 1.165) is 31.9 Å². The number of fused-ring (bicyclic) bond motifs is 1. The Morgan fingerprint density at radius 2 is 2.35 bits per heavy atom. The van der Waals surface area contributed by atoms with Crippen LogP contribution in [0.1, 0.15) is 43.4 Å². The van der Waals surface area contributed by atoms with Gasteiger partial charge in [-0.05, 0) is 41.3 Å².